The summed E-state index contributed by atoms with van der Waals surface area (Å²) in [5.74, 6) is 0.654. The molecule has 0 radical (unpaired) electrons. The zero-order valence-corrected chi connectivity index (χ0v) is 17.2. The van der Waals surface area contributed by atoms with E-state index in [1.54, 1.807) is 28.3 Å². The largest absolute Gasteiger partial charge is 0.340 e. The maximum absolute atomic E-state index is 12.7. The van der Waals surface area contributed by atoms with Crippen LogP contribution >= 0.6 is 24.0 Å². The van der Waals surface area contributed by atoms with E-state index in [2.05, 4.69) is 34.5 Å². The zero-order valence-electron chi connectivity index (χ0n) is 15.6. The number of rotatable bonds is 6. The van der Waals surface area contributed by atoms with Crippen LogP contribution in [0.4, 0.5) is 0 Å². The van der Waals surface area contributed by atoms with E-state index >= 15 is 0 Å². The fourth-order valence-electron chi connectivity index (χ4n) is 2.74. The van der Waals surface area contributed by atoms with Gasteiger partial charge in [0, 0.05) is 24.1 Å². The number of H-pyrrole nitrogens is 1. The number of nitrogens with one attached hydrogen (secondary N) is 1. The van der Waals surface area contributed by atoms with Gasteiger partial charge in [-0.05, 0) is 43.1 Å². The minimum atomic E-state index is -0.0187. The molecule has 0 aliphatic rings. The molecule has 0 bridgehead atoms. The lowest BCUT2D eigenvalue weighted by molar-refractivity contribution is -0.131. The number of carbonyl (C=O) groups excluding carboxylic acids is 1. The molecule has 0 aliphatic carbocycles. The van der Waals surface area contributed by atoms with Gasteiger partial charge >= 0.3 is 0 Å². The number of amides is 1. The van der Waals surface area contributed by atoms with Crippen LogP contribution in [0.15, 0.2) is 53.4 Å². The van der Waals surface area contributed by atoms with Gasteiger partial charge in [0.15, 0.2) is 10.6 Å². The van der Waals surface area contributed by atoms with E-state index in [0.29, 0.717) is 17.1 Å². The quantitative estimate of drug-likeness (QED) is 0.497. The van der Waals surface area contributed by atoms with Gasteiger partial charge in [-0.15, -0.1) is 11.8 Å². The summed E-state index contributed by atoms with van der Waals surface area (Å²) in [4.78, 5) is 15.7. The molecule has 7 heteroatoms. The second-order valence-electron chi connectivity index (χ2n) is 6.40. The molecule has 0 saturated carbocycles. The van der Waals surface area contributed by atoms with Gasteiger partial charge in [-0.2, -0.15) is 5.10 Å². The van der Waals surface area contributed by atoms with E-state index in [9.17, 15) is 4.79 Å². The molecule has 0 saturated heterocycles. The first-order valence-electron chi connectivity index (χ1n) is 8.57. The normalized spacial score (nSPS) is 10.8. The van der Waals surface area contributed by atoms with Gasteiger partial charge in [0.25, 0.3) is 0 Å². The lowest BCUT2D eigenvalue weighted by Crippen LogP contribution is -2.30. The summed E-state index contributed by atoms with van der Waals surface area (Å²) in [6, 6.07) is 16.2. The number of thioether (sulfide) groups is 1. The predicted octanol–water partition coefficient (Wildman–Crippen LogP) is 4.30. The molecule has 140 valence electrons. The second-order valence-corrected chi connectivity index (χ2v) is 7.67. The molecule has 0 spiro atoms. The van der Waals surface area contributed by atoms with Gasteiger partial charge in [0.1, 0.15) is 6.54 Å². The van der Waals surface area contributed by atoms with Crippen LogP contribution in [0.2, 0.25) is 0 Å². The van der Waals surface area contributed by atoms with Gasteiger partial charge in [-0.25, -0.2) is 0 Å². The molecule has 5 nitrogen and oxygen atoms in total. The molecule has 3 aromatic rings. The fraction of sp³-hybridized carbons (Fsp3) is 0.250. The maximum atomic E-state index is 12.7. The van der Waals surface area contributed by atoms with Crippen molar-refractivity contribution in [2.24, 2.45) is 0 Å². The van der Waals surface area contributed by atoms with E-state index < -0.39 is 0 Å². The predicted molar refractivity (Wildman–Crippen MR) is 112 cm³/mol. The average Bonchev–Trinajstić information content (AvgIpc) is 3.03. The first-order chi connectivity index (χ1) is 13.0. The third-order valence-electron chi connectivity index (χ3n) is 4.37. The molecular formula is C20H22N4OS2. The van der Waals surface area contributed by atoms with Gasteiger partial charge in [-0.1, -0.05) is 42.0 Å². The van der Waals surface area contributed by atoms with Gasteiger partial charge in [-0.3, -0.25) is 14.5 Å². The number of aryl methyl sites for hydroxylation is 1. The molecule has 1 N–H and O–H groups in total. The lowest BCUT2D eigenvalue weighted by atomic mass is 10.1. The smallest absolute Gasteiger partial charge is 0.242 e. The summed E-state index contributed by atoms with van der Waals surface area (Å²) in [6.45, 7) is 2.74. The SMILES string of the molecule is CSc1ccc(CN(C)C(=O)Cn2c(-c3ccc(C)cc3)n[nH]c2=S)cc1. The standard InChI is InChI=1S/C20H22N4OS2/c1-14-4-8-16(9-5-14)19-21-22-20(26)24(19)13-18(25)23(2)12-15-6-10-17(27-3)11-7-15/h4-11H,12-13H2,1-3H3,(H,22,26). The first kappa shape index (κ1) is 19.4. The van der Waals surface area contributed by atoms with Crippen LogP contribution < -0.4 is 0 Å². The highest BCUT2D eigenvalue weighted by molar-refractivity contribution is 7.98. The molecule has 27 heavy (non-hydrogen) atoms. The van der Waals surface area contributed by atoms with Crippen LogP contribution in [-0.2, 0) is 17.9 Å². The van der Waals surface area contributed by atoms with Crippen LogP contribution in [0.25, 0.3) is 11.4 Å². The number of carbonyl (C=O) groups is 1. The topological polar surface area (TPSA) is 53.9 Å². The molecule has 0 aliphatic heterocycles. The third-order valence-corrected chi connectivity index (χ3v) is 5.42. The van der Waals surface area contributed by atoms with E-state index in [1.165, 1.54) is 10.5 Å². The van der Waals surface area contributed by atoms with Crippen LogP contribution in [0.1, 0.15) is 11.1 Å². The first-order valence-corrected chi connectivity index (χ1v) is 10.2. The highest BCUT2D eigenvalue weighted by Gasteiger charge is 2.15. The van der Waals surface area contributed by atoms with E-state index in [1.807, 2.05) is 37.4 Å². The average molecular weight is 399 g/mol. The third kappa shape index (κ3) is 4.67. The zero-order chi connectivity index (χ0) is 19.4. The van der Waals surface area contributed by atoms with Crippen molar-refractivity contribution in [3.05, 3.63) is 64.4 Å². The number of aromatic amines is 1. The minimum Gasteiger partial charge on any atom is -0.340 e. The van der Waals surface area contributed by atoms with Crippen molar-refractivity contribution >= 4 is 29.9 Å². The van der Waals surface area contributed by atoms with Crippen molar-refractivity contribution in [1.29, 1.82) is 0 Å². The summed E-state index contributed by atoms with van der Waals surface area (Å²) in [6.07, 6.45) is 2.05. The fourth-order valence-corrected chi connectivity index (χ4v) is 3.34. The molecule has 1 heterocycles. The summed E-state index contributed by atoms with van der Waals surface area (Å²) >= 11 is 7.03. The van der Waals surface area contributed by atoms with Crippen LogP contribution in [0.3, 0.4) is 0 Å². The van der Waals surface area contributed by atoms with Crippen LogP contribution in [0.5, 0.6) is 0 Å². The van der Waals surface area contributed by atoms with Gasteiger partial charge < -0.3 is 4.90 Å². The Morgan fingerprint density at radius 3 is 2.48 bits per heavy atom. The Labute approximate surface area is 168 Å². The van der Waals surface area contributed by atoms with Gasteiger partial charge in [0.2, 0.25) is 5.91 Å². The van der Waals surface area contributed by atoms with Crippen LogP contribution in [0, 0.1) is 11.7 Å². The number of hydrogen-bond acceptors (Lipinski definition) is 4. The van der Waals surface area contributed by atoms with Crippen molar-refractivity contribution in [3.63, 3.8) is 0 Å². The molecule has 0 unspecified atom stereocenters. The Morgan fingerprint density at radius 1 is 1.19 bits per heavy atom. The van der Waals surface area contributed by atoms with Crippen molar-refractivity contribution in [1.82, 2.24) is 19.7 Å². The highest BCUT2D eigenvalue weighted by Crippen LogP contribution is 2.19. The van der Waals surface area contributed by atoms with Crippen molar-refractivity contribution in [3.8, 4) is 11.4 Å². The Morgan fingerprint density at radius 2 is 1.85 bits per heavy atom. The minimum absolute atomic E-state index is 0.0187. The Hall–Kier alpha value is -2.38. The van der Waals surface area contributed by atoms with Crippen molar-refractivity contribution < 1.29 is 4.79 Å². The van der Waals surface area contributed by atoms with E-state index in [0.717, 1.165) is 11.1 Å². The molecule has 1 amide bonds. The van der Waals surface area contributed by atoms with E-state index in [4.69, 9.17) is 12.2 Å². The molecule has 0 atom stereocenters. The summed E-state index contributed by atoms with van der Waals surface area (Å²) < 4.78 is 2.19. The number of aromatic nitrogens is 3. The second kappa shape index (κ2) is 8.54. The highest BCUT2D eigenvalue weighted by atomic mass is 32.2. The van der Waals surface area contributed by atoms with Crippen molar-refractivity contribution in [2.45, 2.75) is 24.9 Å². The van der Waals surface area contributed by atoms with Crippen molar-refractivity contribution in [2.75, 3.05) is 13.3 Å². The lowest BCUT2D eigenvalue weighted by Gasteiger charge is -2.18. The van der Waals surface area contributed by atoms with Crippen LogP contribution in [-0.4, -0.2) is 38.9 Å². The van der Waals surface area contributed by atoms with Gasteiger partial charge in [0.05, 0.1) is 0 Å². The Bertz CT molecular complexity index is 974. The Kier molecular flexibility index (Phi) is 6.13. The molecular weight excluding hydrogens is 376 g/mol. The maximum Gasteiger partial charge on any atom is 0.242 e. The molecule has 2 aromatic carbocycles. The number of nitrogens with zero attached hydrogens (tertiary/aromatic N) is 3. The number of benzene rings is 2. The molecule has 0 fully saturated rings. The number of likely N-dealkylation sites (N-methyl/N-ethyl adjacent to an activating group) is 1. The van der Waals surface area contributed by atoms with E-state index in [-0.39, 0.29) is 12.5 Å². The monoisotopic (exact) mass is 398 g/mol. The molecule has 3 rings (SSSR count). The summed E-state index contributed by atoms with van der Waals surface area (Å²) in [5.41, 5.74) is 3.19. The Balaban J connectivity index is 1.74. The summed E-state index contributed by atoms with van der Waals surface area (Å²) in [5, 5.41) is 7.10. The molecule has 1 aromatic heterocycles. The summed E-state index contributed by atoms with van der Waals surface area (Å²) in [7, 11) is 1.81. The number of hydrogen-bond donors (Lipinski definition) is 1.